The number of halogens is 1. The van der Waals surface area contributed by atoms with Crippen molar-refractivity contribution >= 4 is 39.4 Å². The average Bonchev–Trinajstić information content (AvgIpc) is 3.26. The fourth-order valence-corrected chi connectivity index (χ4v) is 4.29. The van der Waals surface area contributed by atoms with E-state index in [9.17, 15) is 9.18 Å². The molecule has 0 atom stereocenters. The minimum Gasteiger partial charge on any atom is -0.404 e. The Bertz CT molecular complexity index is 1720. The Morgan fingerprint density at radius 1 is 1.11 bits per heavy atom. The zero-order chi connectivity index (χ0) is 26.7. The van der Waals surface area contributed by atoms with Crippen molar-refractivity contribution in [3.8, 4) is 5.69 Å². The van der Waals surface area contributed by atoms with E-state index in [1.807, 2.05) is 45.0 Å². The number of benzene rings is 2. The molecule has 37 heavy (non-hydrogen) atoms. The molecule has 0 amide bonds. The van der Waals surface area contributed by atoms with Crippen LogP contribution in [0.2, 0.25) is 0 Å². The zero-order valence-electron chi connectivity index (χ0n) is 20.7. The third kappa shape index (κ3) is 4.33. The Morgan fingerprint density at radius 3 is 2.57 bits per heavy atom. The van der Waals surface area contributed by atoms with Gasteiger partial charge in [-0.1, -0.05) is 44.2 Å². The van der Waals surface area contributed by atoms with Crippen molar-refractivity contribution in [1.29, 1.82) is 5.41 Å². The van der Waals surface area contributed by atoms with Crippen molar-refractivity contribution in [1.82, 2.24) is 24.3 Å². The van der Waals surface area contributed by atoms with Gasteiger partial charge in [0.2, 0.25) is 0 Å². The van der Waals surface area contributed by atoms with Gasteiger partial charge in [-0.3, -0.25) is 9.36 Å². The van der Waals surface area contributed by atoms with Crippen LogP contribution in [0.3, 0.4) is 0 Å². The molecule has 0 saturated carbocycles. The summed E-state index contributed by atoms with van der Waals surface area (Å²) in [6, 6.07) is 13.5. The summed E-state index contributed by atoms with van der Waals surface area (Å²) in [6.07, 6.45) is 3.62. The first-order chi connectivity index (χ1) is 17.9. The molecule has 0 unspecified atom stereocenters. The second kappa shape index (κ2) is 10.4. The number of hydrogen-bond acceptors (Lipinski definition) is 7. The Kier molecular flexibility index (Phi) is 7.10. The maximum Gasteiger partial charge on any atom is 0.263 e. The first kappa shape index (κ1) is 25.2. The van der Waals surface area contributed by atoms with Crippen LogP contribution < -0.4 is 17.0 Å². The van der Waals surface area contributed by atoms with Gasteiger partial charge in [0, 0.05) is 23.7 Å². The van der Waals surface area contributed by atoms with E-state index in [-0.39, 0.29) is 23.6 Å². The number of para-hydroxylation sites is 1. The summed E-state index contributed by atoms with van der Waals surface area (Å²) >= 11 is 0. The second-order valence-electron chi connectivity index (χ2n) is 8.00. The number of nitrogens with one attached hydrogen (secondary N) is 1. The monoisotopic (exact) mass is 498 g/mol. The van der Waals surface area contributed by atoms with Crippen molar-refractivity contribution in [3.05, 3.63) is 94.2 Å². The molecular formula is C27H27FN8O. The first-order valence-electron chi connectivity index (χ1n) is 11.7. The number of hydrogen-bond donors (Lipinski definition) is 3. The highest BCUT2D eigenvalue weighted by atomic mass is 19.1. The van der Waals surface area contributed by atoms with E-state index >= 15 is 0 Å². The predicted octanol–water partition coefficient (Wildman–Crippen LogP) is 4.18. The minimum absolute atomic E-state index is 0.0657. The van der Waals surface area contributed by atoms with Crippen LogP contribution in [-0.4, -0.2) is 30.5 Å². The number of rotatable bonds is 5. The number of allylic oxidation sites excluding steroid dienone is 1. The summed E-state index contributed by atoms with van der Waals surface area (Å²) in [4.78, 5) is 22.1. The molecular weight excluding hydrogens is 471 g/mol. The maximum atomic E-state index is 14.9. The SMILES string of the molecule is CC.Cc1cccc2cc(Cn3nc(/C(C=N)=C/N)c4c(N)ncnc43)n(-c3ccccc3F)c(=O)c12. The molecule has 5 rings (SSSR count). The van der Waals surface area contributed by atoms with Crippen LogP contribution in [0.1, 0.15) is 30.8 Å². The number of nitrogens with two attached hydrogens (primary N) is 2. The van der Waals surface area contributed by atoms with E-state index < -0.39 is 5.82 Å². The standard InChI is InChI=1S/C25H21FN8O.C2H6/c1-14-5-4-6-15-9-17(34(25(35)20(14)15)19-8-3-2-7-18(19)26)12-33-24-21(23(29)30-13-31-24)22(32-33)16(10-27)11-28;1-2/h2-11,13,27H,12,28H2,1H3,(H2,29,30,31);1-2H3/b16-11+,27-10?;. The van der Waals surface area contributed by atoms with Gasteiger partial charge in [-0.25, -0.2) is 19.0 Å². The lowest BCUT2D eigenvalue weighted by Crippen LogP contribution is -2.25. The van der Waals surface area contributed by atoms with Crippen molar-refractivity contribution in [2.24, 2.45) is 5.73 Å². The Hall–Kier alpha value is -4.86. The number of nitrogen functional groups attached to an aromatic ring is 1. The van der Waals surface area contributed by atoms with Crippen molar-refractivity contribution in [2.75, 3.05) is 5.73 Å². The van der Waals surface area contributed by atoms with E-state index in [0.717, 1.165) is 17.2 Å². The summed E-state index contributed by atoms with van der Waals surface area (Å²) in [7, 11) is 0. The van der Waals surface area contributed by atoms with Gasteiger partial charge < -0.3 is 16.9 Å². The molecule has 0 aliphatic rings. The average molecular weight is 499 g/mol. The van der Waals surface area contributed by atoms with Gasteiger partial charge in [-0.05, 0) is 36.1 Å². The largest absolute Gasteiger partial charge is 0.404 e. The quantitative estimate of drug-likeness (QED) is 0.310. The van der Waals surface area contributed by atoms with Gasteiger partial charge in [-0.15, -0.1) is 0 Å². The van der Waals surface area contributed by atoms with Gasteiger partial charge in [0.25, 0.3) is 5.56 Å². The normalized spacial score (nSPS) is 11.4. The summed E-state index contributed by atoms with van der Waals surface area (Å²) < 4.78 is 17.8. The fourth-order valence-electron chi connectivity index (χ4n) is 4.29. The van der Waals surface area contributed by atoms with Crippen LogP contribution in [-0.2, 0) is 6.54 Å². The molecule has 5 aromatic rings. The molecule has 188 valence electrons. The highest BCUT2D eigenvalue weighted by Crippen LogP contribution is 2.27. The molecule has 2 aromatic carbocycles. The van der Waals surface area contributed by atoms with E-state index in [0.29, 0.717) is 33.4 Å². The molecule has 0 fully saturated rings. The zero-order valence-corrected chi connectivity index (χ0v) is 20.7. The van der Waals surface area contributed by atoms with Gasteiger partial charge >= 0.3 is 0 Å². The molecule has 0 radical (unpaired) electrons. The Labute approximate surface area is 212 Å². The van der Waals surface area contributed by atoms with Crippen molar-refractivity contribution in [2.45, 2.75) is 27.3 Å². The molecule has 0 aliphatic heterocycles. The van der Waals surface area contributed by atoms with Gasteiger partial charge in [0.1, 0.15) is 23.7 Å². The Balaban J connectivity index is 0.00000156. The van der Waals surface area contributed by atoms with Crippen molar-refractivity contribution < 1.29 is 4.39 Å². The van der Waals surface area contributed by atoms with E-state index in [1.54, 1.807) is 22.9 Å². The summed E-state index contributed by atoms with van der Waals surface area (Å²) in [5, 5.41) is 14.0. The molecule has 0 saturated heterocycles. The molecule has 3 heterocycles. The van der Waals surface area contributed by atoms with Crippen LogP contribution in [0.4, 0.5) is 10.2 Å². The summed E-state index contributed by atoms with van der Waals surface area (Å²) in [5.41, 5.74) is 13.9. The lowest BCUT2D eigenvalue weighted by molar-refractivity contribution is 0.606. The number of aromatic nitrogens is 5. The summed E-state index contributed by atoms with van der Waals surface area (Å²) in [5.74, 6) is -0.350. The smallest absolute Gasteiger partial charge is 0.263 e. The molecule has 10 heteroatoms. The third-order valence-electron chi connectivity index (χ3n) is 5.90. The topological polar surface area (TPSA) is 141 Å². The predicted molar refractivity (Wildman–Crippen MR) is 145 cm³/mol. The number of aryl methyl sites for hydroxylation is 1. The number of nitrogens with zero attached hydrogens (tertiary/aromatic N) is 5. The van der Waals surface area contributed by atoms with Gasteiger partial charge in [-0.2, -0.15) is 5.10 Å². The molecule has 0 bridgehead atoms. The van der Waals surface area contributed by atoms with Crippen LogP contribution in [0.25, 0.3) is 33.1 Å². The van der Waals surface area contributed by atoms with E-state index in [4.69, 9.17) is 16.9 Å². The molecule has 9 nitrogen and oxygen atoms in total. The van der Waals surface area contributed by atoms with Crippen LogP contribution in [0.15, 0.2) is 65.9 Å². The highest BCUT2D eigenvalue weighted by Gasteiger charge is 2.21. The van der Waals surface area contributed by atoms with Crippen LogP contribution >= 0.6 is 0 Å². The maximum absolute atomic E-state index is 14.9. The van der Waals surface area contributed by atoms with E-state index in [2.05, 4.69) is 15.1 Å². The molecule has 0 spiro atoms. The fraction of sp³-hybridized carbons (Fsp3) is 0.148. The third-order valence-corrected chi connectivity index (χ3v) is 5.90. The van der Waals surface area contributed by atoms with Gasteiger partial charge in [0.05, 0.1) is 23.0 Å². The molecule has 0 aliphatic carbocycles. The van der Waals surface area contributed by atoms with Gasteiger partial charge in [0.15, 0.2) is 5.65 Å². The molecule has 3 aromatic heterocycles. The first-order valence-corrected chi connectivity index (χ1v) is 11.7. The van der Waals surface area contributed by atoms with E-state index in [1.165, 1.54) is 23.2 Å². The number of fused-ring (bicyclic) bond motifs is 2. The Morgan fingerprint density at radius 2 is 1.86 bits per heavy atom. The lowest BCUT2D eigenvalue weighted by atomic mass is 10.1. The molecule has 5 N–H and O–H groups in total. The van der Waals surface area contributed by atoms with Crippen LogP contribution in [0, 0.1) is 18.2 Å². The second-order valence-corrected chi connectivity index (χ2v) is 8.00. The number of pyridine rings is 1. The summed E-state index contributed by atoms with van der Waals surface area (Å²) in [6.45, 7) is 5.91. The van der Waals surface area contributed by atoms with Crippen molar-refractivity contribution in [3.63, 3.8) is 0 Å². The highest BCUT2D eigenvalue weighted by molar-refractivity contribution is 6.13. The number of anilines is 1. The van der Waals surface area contributed by atoms with Crippen LogP contribution in [0.5, 0.6) is 0 Å². The lowest BCUT2D eigenvalue weighted by Gasteiger charge is -2.16. The minimum atomic E-state index is -0.529.